The Labute approximate surface area is 209 Å². The summed E-state index contributed by atoms with van der Waals surface area (Å²) < 4.78 is 1.88. The van der Waals surface area contributed by atoms with Crippen LogP contribution in [0.4, 0.5) is 0 Å². The van der Waals surface area contributed by atoms with Crippen LogP contribution in [0.25, 0.3) is 23.0 Å². The van der Waals surface area contributed by atoms with E-state index in [4.69, 9.17) is 5.10 Å². The minimum Gasteiger partial charge on any atom is -0.351 e. The molecule has 3 aromatic rings. The minimum absolute atomic E-state index is 0.160. The molecule has 0 spiro atoms. The normalized spacial score (nSPS) is 18.1. The number of rotatable bonds is 5. The number of aliphatic imine (C=N–C) groups is 1. The zero-order chi connectivity index (χ0) is 23.5. The summed E-state index contributed by atoms with van der Waals surface area (Å²) in [6, 6.07) is 18.5. The van der Waals surface area contributed by atoms with Gasteiger partial charge in [-0.2, -0.15) is 10.1 Å². The molecule has 1 saturated heterocycles. The van der Waals surface area contributed by atoms with E-state index in [1.807, 2.05) is 59.0 Å². The van der Waals surface area contributed by atoms with Crippen LogP contribution < -0.4 is 0 Å². The highest BCUT2D eigenvalue weighted by Crippen LogP contribution is 2.35. The van der Waals surface area contributed by atoms with E-state index in [9.17, 15) is 4.79 Å². The van der Waals surface area contributed by atoms with Crippen LogP contribution in [0.5, 0.6) is 0 Å². The third-order valence-electron chi connectivity index (χ3n) is 6.15. The van der Waals surface area contributed by atoms with Gasteiger partial charge in [-0.05, 0) is 66.6 Å². The molecule has 34 heavy (non-hydrogen) atoms. The van der Waals surface area contributed by atoms with E-state index < -0.39 is 0 Å². The highest BCUT2D eigenvalue weighted by molar-refractivity contribution is 8.18. The molecule has 1 amide bonds. The minimum atomic E-state index is -0.160. The van der Waals surface area contributed by atoms with Gasteiger partial charge in [0, 0.05) is 35.3 Å². The summed E-state index contributed by atoms with van der Waals surface area (Å²) in [6.45, 7) is 6.37. The number of hydrogen-bond acceptors (Lipinski definition) is 5. The SMILES string of the molecule is CCSc1ccc(-c2nn(-c3ccccc3)cc2/C=C2\SC(N3CCC(C)CC3)=NC2=O)cc1. The van der Waals surface area contributed by atoms with E-state index in [0.29, 0.717) is 4.91 Å². The maximum Gasteiger partial charge on any atom is 0.286 e. The molecule has 3 heterocycles. The monoisotopic (exact) mass is 488 g/mol. The van der Waals surface area contributed by atoms with Crippen molar-refractivity contribution in [2.75, 3.05) is 18.8 Å². The molecule has 1 fully saturated rings. The fourth-order valence-electron chi connectivity index (χ4n) is 4.18. The van der Waals surface area contributed by atoms with Gasteiger partial charge in [-0.15, -0.1) is 11.8 Å². The van der Waals surface area contributed by atoms with Gasteiger partial charge in [-0.25, -0.2) is 4.68 Å². The van der Waals surface area contributed by atoms with Gasteiger partial charge in [-0.1, -0.05) is 44.2 Å². The van der Waals surface area contributed by atoms with Crippen molar-refractivity contribution in [3.05, 3.63) is 71.3 Å². The Morgan fingerprint density at radius 3 is 2.53 bits per heavy atom. The topological polar surface area (TPSA) is 50.5 Å². The van der Waals surface area contributed by atoms with Gasteiger partial charge >= 0.3 is 0 Å². The van der Waals surface area contributed by atoms with Crippen LogP contribution in [-0.4, -0.2) is 44.6 Å². The maximum absolute atomic E-state index is 12.8. The van der Waals surface area contributed by atoms with E-state index in [1.165, 1.54) is 16.7 Å². The second kappa shape index (κ2) is 10.2. The van der Waals surface area contributed by atoms with Crippen LogP contribution in [0.1, 0.15) is 32.3 Å². The number of amidine groups is 1. The summed E-state index contributed by atoms with van der Waals surface area (Å²) in [5, 5.41) is 5.74. The quantitative estimate of drug-likeness (QED) is 0.309. The molecule has 0 saturated carbocycles. The molecular weight excluding hydrogens is 460 g/mol. The third-order valence-corrected chi connectivity index (χ3v) is 8.09. The van der Waals surface area contributed by atoms with Crippen LogP contribution >= 0.6 is 23.5 Å². The molecule has 0 N–H and O–H groups in total. The lowest BCUT2D eigenvalue weighted by molar-refractivity contribution is -0.113. The summed E-state index contributed by atoms with van der Waals surface area (Å²) >= 11 is 3.31. The van der Waals surface area contributed by atoms with Crippen molar-refractivity contribution in [3.63, 3.8) is 0 Å². The first kappa shape index (κ1) is 23.0. The Hall–Kier alpha value is -2.77. The number of carbonyl (C=O) groups is 1. The fraction of sp³-hybridized carbons (Fsp3) is 0.296. The molecule has 5 nitrogen and oxygen atoms in total. The van der Waals surface area contributed by atoms with Crippen molar-refractivity contribution < 1.29 is 4.79 Å². The Kier molecular flexibility index (Phi) is 6.92. The van der Waals surface area contributed by atoms with Gasteiger partial charge in [-0.3, -0.25) is 4.79 Å². The first-order chi connectivity index (χ1) is 16.6. The fourth-order valence-corrected chi connectivity index (χ4v) is 5.80. The summed E-state index contributed by atoms with van der Waals surface area (Å²) in [4.78, 5) is 21.3. The van der Waals surface area contributed by atoms with E-state index in [1.54, 1.807) is 0 Å². The van der Waals surface area contributed by atoms with Crippen molar-refractivity contribution in [1.82, 2.24) is 14.7 Å². The highest BCUT2D eigenvalue weighted by atomic mass is 32.2. The Morgan fingerprint density at radius 1 is 1.09 bits per heavy atom. The standard InChI is InChI=1S/C27H28N4OS2/c1-3-33-23-11-9-20(10-12-23)25-21(18-31(29-25)22-7-5-4-6-8-22)17-24-26(32)28-27(34-24)30-15-13-19(2)14-16-30/h4-12,17-19H,3,13-16H2,1-2H3/b24-17-. The number of likely N-dealkylation sites (tertiary alicyclic amines) is 1. The largest absolute Gasteiger partial charge is 0.351 e. The third kappa shape index (κ3) is 5.00. The number of amides is 1. The summed E-state index contributed by atoms with van der Waals surface area (Å²) in [7, 11) is 0. The molecule has 5 rings (SSSR count). The lowest BCUT2D eigenvalue weighted by atomic mass is 10.00. The van der Waals surface area contributed by atoms with E-state index in [2.05, 4.69) is 48.0 Å². The van der Waals surface area contributed by atoms with Gasteiger partial charge < -0.3 is 4.90 Å². The molecule has 0 bridgehead atoms. The van der Waals surface area contributed by atoms with Crippen LogP contribution in [-0.2, 0) is 4.79 Å². The van der Waals surface area contributed by atoms with Gasteiger partial charge in [0.05, 0.1) is 16.3 Å². The zero-order valence-corrected chi connectivity index (χ0v) is 21.1. The molecular formula is C27H28N4OS2. The van der Waals surface area contributed by atoms with Crippen molar-refractivity contribution in [3.8, 4) is 16.9 Å². The molecule has 0 aliphatic carbocycles. The lowest BCUT2D eigenvalue weighted by Crippen LogP contribution is -2.35. The molecule has 7 heteroatoms. The van der Waals surface area contributed by atoms with Gasteiger partial charge in [0.15, 0.2) is 5.17 Å². The van der Waals surface area contributed by atoms with E-state index in [0.717, 1.165) is 65.3 Å². The molecule has 0 radical (unpaired) electrons. The van der Waals surface area contributed by atoms with Gasteiger partial charge in [0.2, 0.25) is 0 Å². The summed E-state index contributed by atoms with van der Waals surface area (Å²) in [6.07, 6.45) is 6.24. The van der Waals surface area contributed by atoms with Crippen LogP contribution in [0.15, 0.2) is 75.6 Å². The number of aromatic nitrogens is 2. The molecule has 174 valence electrons. The maximum atomic E-state index is 12.8. The van der Waals surface area contributed by atoms with E-state index >= 15 is 0 Å². The number of para-hydroxylation sites is 1. The van der Waals surface area contributed by atoms with E-state index in [-0.39, 0.29) is 5.91 Å². The average molecular weight is 489 g/mol. The molecule has 0 unspecified atom stereocenters. The number of carbonyl (C=O) groups excluding carboxylic acids is 1. The average Bonchev–Trinajstić information content (AvgIpc) is 3.45. The molecule has 1 aromatic heterocycles. The van der Waals surface area contributed by atoms with Crippen molar-refractivity contribution in [2.24, 2.45) is 10.9 Å². The van der Waals surface area contributed by atoms with Gasteiger partial charge in [0.25, 0.3) is 5.91 Å². The van der Waals surface area contributed by atoms with Crippen molar-refractivity contribution >= 4 is 40.7 Å². The number of nitrogens with zero attached hydrogens (tertiary/aromatic N) is 4. The predicted molar refractivity (Wildman–Crippen MR) is 143 cm³/mol. The second-order valence-electron chi connectivity index (χ2n) is 8.65. The number of benzene rings is 2. The number of thioether (sulfide) groups is 2. The Bertz CT molecular complexity index is 1220. The Morgan fingerprint density at radius 2 is 1.82 bits per heavy atom. The van der Waals surface area contributed by atoms with Crippen LogP contribution in [0.2, 0.25) is 0 Å². The van der Waals surface area contributed by atoms with Crippen LogP contribution in [0.3, 0.4) is 0 Å². The molecule has 2 aromatic carbocycles. The zero-order valence-electron chi connectivity index (χ0n) is 19.5. The number of hydrogen-bond donors (Lipinski definition) is 0. The predicted octanol–water partition coefficient (Wildman–Crippen LogP) is 6.35. The second-order valence-corrected chi connectivity index (χ2v) is 11.0. The summed E-state index contributed by atoms with van der Waals surface area (Å²) in [5.41, 5.74) is 3.79. The number of piperidine rings is 1. The lowest BCUT2D eigenvalue weighted by Gasteiger charge is -2.30. The highest BCUT2D eigenvalue weighted by Gasteiger charge is 2.28. The van der Waals surface area contributed by atoms with Gasteiger partial charge in [0.1, 0.15) is 0 Å². The molecule has 2 aliphatic rings. The Balaban J connectivity index is 1.47. The molecule has 2 aliphatic heterocycles. The smallest absolute Gasteiger partial charge is 0.286 e. The summed E-state index contributed by atoms with van der Waals surface area (Å²) in [5.74, 6) is 1.62. The first-order valence-corrected chi connectivity index (χ1v) is 13.6. The molecule has 0 atom stereocenters. The first-order valence-electron chi connectivity index (χ1n) is 11.8. The van der Waals surface area contributed by atoms with Crippen LogP contribution in [0, 0.1) is 5.92 Å². The van der Waals surface area contributed by atoms with Crippen molar-refractivity contribution in [1.29, 1.82) is 0 Å². The van der Waals surface area contributed by atoms with Crippen molar-refractivity contribution in [2.45, 2.75) is 31.6 Å².